The van der Waals surface area contributed by atoms with Crippen molar-refractivity contribution in [1.29, 1.82) is 0 Å². The number of rotatable bonds is 3. The predicted molar refractivity (Wildman–Crippen MR) is 102 cm³/mol. The maximum absolute atomic E-state index is 13.2. The molecule has 2 aromatic rings. The molecule has 29 heavy (non-hydrogen) atoms. The van der Waals surface area contributed by atoms with Gasteiger partial charge in [0.15, 0.2) is 0 Å². The summed E-state index contributed by atoms with van der Waals surface area (Å²) in [6.07, 6.45) is -1.34. The van der Waals surface area contributed by atoms with Crippen LogP contribution >= 0.6 is 0 Å². The van der Waals surface area contributed by atoms with E-state index in [-0.39, 0.29) is 11.5 Å². The van der Waals surface area contributed by atoms with E-state index in [0.717, 1.165) is 30.7 Å². The topological polar surface area (TPSA) is 49.8 Å². The highest BCUT2D eigenvalue weighted by Gasteiger charge is 2.33. The number of halogens is 3. The number of carbonyl (C=O) groups is 1. The van der Waals surface area contributed by atoms with Gasteiger partial charge < -0.3 is 14.7 Å². The average molecular weight is 401 g/mol. The Morgan fingerprint density at radius 2 is 1.90 bits per heavy atom. The van der Waals surface area contributed by atoms with Gasteiger partial charge in [0.25, 0.3) is 0 Å². The summed E-state index contributed by atoms with van der Waals surface area (Å²) in [6, 6.07) is 9.96. The van der Waals surface area contributed by atoms with E-state index in [1.807, 2.05) is 4.90 Å². The normalized spacial score (nSPS) is 17.1. The van der Waals surface area contributed by atoms with Crippen LogP contribution in [0.2, 0.25) is 0 Å². The van der Waals surface area contributed by atoms with Gasteiger partial charge in [0, 0.05) is 30.4 Å². The van der Waals surface area contributed by atoms with Gasteiger partial charge >= 0.3 is 12.1 Å². The van der Waals surface area contributed by atoms with Crippen LogP contribution in [0.4, 0.5) is 24.5 Å². The highest BCUT2D eigenvalue weighted by Crippen LogP contribution is 2.42. The van der Waals surface area contributed by atoms with Gasteiger partial charge in [-0.05, 0) is 55.3 Å². The molecule has 0 spiro atoms. The van der Waals surface area contributed by atoms with Crippen molar-refractivity contribution < 1.29 is 27.8 Å². The Labute approximate surface area is 165 Å². The van der Waals surface area contributed by atoms with Gasteiger partial charge in [0.05, 0.1) is 22.5 Å². The lowest BCUT2D eigenvalue weighted by atomic mass is 9.92. The van der Waals surface area contributed by atoms with Crippen LogP contribution in [0.5, 0.6) is 0 Å². The van der Waals surface area contributed by atoms with Crippen LogP contribution in [-0.4, -0.2) is 24.3 Å². The molecule has 0 unspecified atom stereocenters. The second-order valence-electron chi connectivity index (χ2n) is 7.02. The summed E-state index contributed by atoms with van der Waals surface area (Å²) in [4.78, 5) is 13.2. The highest BCUT2D eigenvalue weighted by molar-refractivity contribution is 5.90. The maximum Gasteiger partial charge on any atom is 0.416 e. The van der Waals surface area contributed by atoms with Gasteiger partial charge in [-0.15, -0.1) is 0 Å². The fraction of sp³-hybridized carbons (Fsp3) is 0.273. The van der Waals surface area contributed by atoms with Gasteiger partial charge in [0.2, 0.25) is 0 Å². The zero-order valence-electron chi connectivity index (χ0n) is 15.4. The van der Waals surface area contributed by atoms with Gasteiger partial charge in [-0.2, -0.15) is 13.2 Å². The molecule has 0 radical (unpaired) electrons. The minimum absolute atomic E-state index is 0.108. The van der Waals surface area contributed by atoms with Crippen molar-refractivity contribution in [3.8, 4) is 0 Å². The number of hydrogen-bond donors (Lipinski definition) is 1. The third kappa shape index (κ3) is 3.79. The van der Waals surface area contributed by atoms with Gasteiger partial charge in [-0.25, -0.2) is 4.79 Å². The summed E-state index contributed by atoms with van der Waals surface area (Å²) >= 11 is 0. The largest absolute Gasteiger partial charge is 0.478 e. The molecule has 1 fully saturated rings. The monoisotopic (exact) mass is 401 g/mol. The number of hydrogen-bond acceptors (Lipinski definition) is 3. The van der Waals surface area contributed by atoms with E-state index in [2.05, 4.69) is 5.73 Å². The Hall–Kier alpha value is -3.02. The molecule has 2 aliphatic rings. The molecule has 1 N–H and O–H groups in total. The number of nitrogens with zero attached hydrogens (tertiary/aromatic N) is 1. The average Bonchev–Trinajstić information content (AvgIpc) is 2.72. The second-order valence-corrected chi connectivity index (χ2v) is 7.02. The van der Waals surface area contributed by atoms with Crippen molar-refractivity contribution in [2.45, 2.75) is 19.0 Å². The fourth-order valence-corrected chi connectivity index (χ4v) is 3.72. The molecule has 7 heteroatoms. The first kappa shape index (κ1) is 19.3. The van der Waals surface area contributed by atoms with Gasteiger partial charge in [-0.3, -0.25) is 0 Å². The number of aromatic carboxylic acids is 1. The molecule has 0 aromatic heterocycles. The summed E-state index contributed by atoms with van der Waals surface area (Å²) in [6.45, 7) is 1.19. The number of ether oxygens (including phenoxy) is 1. The molecule has 0 aliphatic carbocycles. The van der Waals surface area contributed by atoms with Crippen molar-refractivity contribution in [3.05, 3.63) is 70.6 Å². The number of allylic oxidation sites excluding steroid dienone is 1. The minimum atomic E-state index is -4.44. The van der Waals surface area contributed by atoms with E-state index in [1.165, 1.54) is 18.2 Å². The molecule has 0 saturated carbocycles. The summed E-state index contributed by atoms with van der Waals surface area (Å²) in [7, 11) is 0. The van der Waals surface area contributed by atoms with E-state index < -0.39 is 17.7 Å². The lowest BCUT2D eigenvalue weighted by Gasteiger charge is -2.35. The van der Waals surface area contributed by atoms with Crippen LogP contribution in [0, 0.1) is 5.92 Å². The van der Waals surface area contributed by atoms with Crippen molar-refractivity contribution in [1.82, 2.24) is 0 Å². The van der Waals surface area contributed by atoms with E-state index in [0.29, 0.717) is 30.2 Å². The summed E-state index contributed by atoms with van der Waals surface area (Å²) < 4.78 is 44.9. The number of carboxylic acids is 1. The van der Waals surface area contributed by atoms with Crippen molar-refractivity contribution >= 4 is 23.4 Å². The molecule has 1 saturated heterocycles. The molecular weight excluding hydrogens is 383 g/mol. The van der Waals surface area contributed by atoms with Crippen LogP contribution in [-0.2, 0) is 10.9 Å². The predicted octanol–water partition coefficient (Wildman–Crippen LogP) is 5.48. The Balaban J connectivity index is 1.86. The zero-order chi connectivity index (χ0) is 20.6. The lowest BCUT2D eigenvalue weighted by Crippen LogP contribution is -2.28. The van der Waals surface area contributed by atoms with Crippen LogP contribution in [0.3, 0.4) is 0 Å². The summed E-state index contributed by atoms with van der Waals surface area (Å²) in [5, 5.41) is 9.35. The molecule has 0 atom stereocenters. The first-order valence-electron chi connectivity index (χ1n) is 9.23. The Kier molecular flexibility index (Phi) is 4.94. The minimum Gasteiger partial charge on any atom is -0.478 e. The molecule has 150 valence electrons. The van der Waals surface area contributed by atoms with Crippen LogP contribution in [0.25, 0.3) is 6.08 Å². The number of anilines is 2. The van der Waals surface area contributed by atoms with Crippen molar-refractivity contribution in [3.63, 3.8) is 0 Å². The van der Waals surface area contributed by atoms with E-state index in [1.54, 1.807) is 18.2 Å². The van der Waals surface area contributed by atoms with Crippen LogP contribution in [0.15, 0.2) is 53.9 Å². The SMILES string of the molecule is O=C(O)c1cccc(N2C(C3CCOCC3)=C=Cc3cc(C(F)(F)F)ccc32)c1. The number of fused-ring (bicyclic) bond motifs is 1. The summed E-state index contributed by atoms with van der Waals surface area (Å²) in [5.74, 6) is -0.951. The smallest absolute Gasteiger partial charge is 0.416 e. The maximum atomic E-state index is 13.2. The Morgan fingerprint density at radius 3 is 2.59 bits per heavy atom. The summed E-state index contributed by atoms with van der Waals surface area (Å²) in [5.41, 5.74) is 4.88. The first-order valence-corrected chi connectivity index (χ1v) is 9.23. The molecule has 4 nitrogen and oxygen atoms in total. The molecule has 2 aromatic carbocycles. The van der Waals surface area contributed by atoms with Crippen molar-refractivity contribution in [2.75, 3.05) is 18.1 Å². The fourth-order valence-electron chi connectivity index (χ4n) is 3.72. The highest BCUT2D eigenvalue weighted by atomic mass is 19.4. The molecule has 0 bridgehead atoms. The van der Waals surface area contributed by atoms with Gasteiger partial charge in [0.1, 0.15) is 0 Å². The lowest BCUT2D eigenvalue weighted by molar-refractivity contribution is -0.137. The molecule has 4 rings (SSSR count). The standard InChI is InChI=1S/C22H18F3NO3/c23-22(24,25)17-5-7-20-15(12-17)4-6-19(14-8-10-29-11-9-14)26(20)18-3-1-2-16(13-18)21(27)28/h1-5,7,12-14H,8-11H2,(H,27,28). The molecule has 2 heterocycles. The quantitative estimate of drug-likeness (QED) is 0.692. The van der Waals surface area contributed by atoms with E-state index in [4.69, 9.17) is 4.74 Å². The molecule has 0 amide bonds. The second kappa shape index (κ2) is 7.43. The molecular formula is C22H18F3NO3. The Bertz CT molecular complexity index is 1020. The third-order valence-electron chi connectivity index (χ3n) is 5.17. The zero-order valence-corrected chi connectivity index (χ0v) is 15.4. The van der Waals surface area contributed by atoms with Gasteiger partial charge in [-0.1, -0.05) is 11.8 Å². The van der Waals surface area contributed by atoms with Crippen LogP contribution < -0.4 is 4.90 Å². The third-order valence-corrected chi connectivity index (χ3v) is 5.17. The Morgan fingerprint density at radius 1 is 1.14 bits per heavy atom. The van der Waals surface area contributed by atoms with E-state index in [9.17, 15) is 23.1 Å². The number of alkyl halides is 3. The van der Waals surface area contributed by atoms with Crippen LogP contribution in [0.1, 0.15) is 34.3 Å². The van der Waals surface area contributed by atoms with Crippen molar-refractivity contribution in [2.24, 2.45) is 5.92 Å². The van der Waals surface area contributed by atoms with E-state index >= 15 is 0 Å². The first-order chi connectivity index (χ1) is 13.8. The number of benzene rings is 2. The number of carboxylic acid groups (broad SMARTS) is 1. The molecule has 2 aliphatic heterocycles.